The van der Waals surface area contributed by atoms with Gasteiger partial charge in [-0.05, 0) is 23.3 Å². The van der Waals surface area contributed by atoms with Crippen molar-refractivity contribution >= 4 is 16.7 Å². The molecule has 0 atom stereocenters. The molecule has 0 spiro atoms. The monoisotopic (exact) mass is 192 g/mol. The second-order valence-corrected chi connectivity index (χ2v) is 4.31. The number of hydrogen-bond donors (Lipinski definition) is 0. The Morgan fingerprint density at radius 3 is 2.15 bits per heavy atom. The van der Waals surface area contributed by atoms with Crippen LogP contribution in [0, 0.1) is 0 Å². The lowest BCUT2D eigenvalue weighted by Crippen LogP contribution is -1.87. The van der Waals surface area contributed by atoms with E-state index in [1.165, 1.54) is 11.1 Å². The van der Waals surface area contributed by atoms with Crippen LogP contribution < -0.4 is 0 Å². The topological polar surface area (TPSA) is 0 Å². The van der Waals surface area contributed by atoms with Crippen LogP contribution in [0.3, 0.4) is 0 Å². The van der Waals surface area contributed by atoms with Crippen molar-refractivity contribution < 1.29 is 0 Å². The second kappa shape index (κ2) is 4.52. The van der Waals surface area contributed by atoms with Gasteiger partial charge in [0.25, 0.3) is 0 Å². The van der Waals surface area contributed by atoms with Gasteiger partial charge >= 0.3 is 0 Å². The smallest absolute Gasteiger partial charge is 0.00697 e. The van der Waals surface area contributed by atoms with Crippen LogP contribution >= 0.6 is 11.8 Å². The van der Waals surface area contributed by atoms with Gasteiger partial charge in [-0.25, -0.2) is 0 Å². The van der Waals surface area contributed by atoms with Crippen molar-refractivity contribution in [3.05, 3.63) is 42.0 Å². The molecule has 0 nitrogen and oxygen atoms in total. The average molecular weight is 192 g/mol. The van der Waals surface area contributed by atoms with Crippen molar-refractivity contribution in [2.45, 2.75) is 19.8 Å². The van der Waals surface area contributed by atoms with Gasteiger partial charge in [0.05, 0.1) is 0 Å². The van der Waals surface area contributed by atoms with Crippen molar-refractivity contribution in [3.8, 4) is 0 Å². The van der Waals surface area contributed by atoms with Gasteiger partial charge in [0.15, 0.2) is 0 Å². The largest absolute Gasteiger partial charge is 0.130 e. The van der Waals surface area contributed by atoms with Crippen molar-refractivity contribution in [2.75, 3.05) is 6.26 Å². The van der Waals surface area contributed by atoms with E-state index in [4.69, 9.17) is 0 Å². The van der Waals surface area contributed by atoms with Crippen molar-refractivity contribution in [1.29, 1.82) is 0 Å². The van der Waals surface area contributed by atoms with Gasteiger partial charge in [-0.15, -0.1) is 11.8 Å². The van der Waals surface area contributed by atoms with Gasteiger partial charge in [-0.3, -0.25) is 0 Å². The summed E-state index contributed by atoms with van der Waals surface area (Å²) in [5.41, 5.74) is 2.62. The fraction of sp³-hybridized carbons (Fsp3) is 0.333. The Bertz CT molecular complexity index is 282. The van der Waals surface area contributed by atoms with E-state index in [1.807, 2.05) is 0 Å². The lowest BCUT2D eigenvalue weighted by atomic mass is 10.0. The molecular formula is C12H16S. The first-order valence-electron chi connectivity index (χ1n) is 4.48. The van der Waals surface area contributed by atoms with E-state index in [0.29, 0.717) is 5.92 Å². The summed E-state index contributed by atoms with van der Waals surface area (Å²) in [5.74, 6) is 0.608. The minimum absolute atomic E-state index is 0.608. The Hall–Kier alpha value is -0.690. The van der Waals surface area contributed by atoms with Crippen LogP contribution in [0.2, 0.25) is 0 Å². The Labute approximate surface area is 85.1 Å². The number of benzene rings is 1. The lowest BCUT2D eigenvalue weighted by molar-refractivity contribution is 0.866. The highest BCUT2D eigenvalue weighted by Crippen LogP contribution is 2.24. The first-order chi connectivity index (χ1) is 6.15. The molecule has 0 unspecified atom stereocenters. The Morgan fingerprint density at radius 2 is 1.77 bits per heavy atom. The summed E-state index contributed by atoms with van der Waals surface area (Å²) >= 11 is 1.70. The molecule has 70 valence electrons. The van der Waals surface area contributed by atoms with Crippen LogP contribution in [-0.2, 0) is 0 Å². The highest BCUT2D eigenvalue weighted by atomic mass is 32.2. The molecule has 0 aromatic heterocycles. The molecule has 0 amide bonds. The maximum atomic E-state index is 3.98. The molecule has 13 heavy (non-hydrogen) atoms. The van der Waals surface area contributed by atoms with Crippen molar-refractivity contribution in [1.82, 2.24) is 0 Å². The van der Waals surface area contributed by atoms with Crippen molar-refractivity contribution in [2.24, 2.45) is 0 Å². The van der Waals surface area contributed by atoms with Gasteiger partial charge < -0.3 is 0 Å². The molecule has 0 aliphatic rings. The highest BCUT2D eigenvalue weighted by molar-refractivity contribution is 8.07. The summed E-state index contributed by atoms with van der Waals surface area (Å²) in [4.78, 5) is 1.13. The first kappa shape index (κ1) is 10.4. The predicted molar refractivity (Wildman–Crippen MR) is 63.1 cm³/mol. The maximum absolute atomic E-state index is 3.98. The highest BCUT2D eigenvalue weighted by Gasteiger charge is 2.00. The minimum atomic E-state index is 0.608. The molecule has 1 heteroatoms. The normalized spacial score (nSPS) is 10.5. The third kappa shape index (κ3) is 2.63. The summed E-state index contributed by atoms with van der Waals surface area (Å²) in [6.07, 6.45) is 2.05. The van der Waals surface area contributed by atoms with E-state index in [0.717, 1.165) is 4.91 Å². The van der Waals surface area contributed by atoms with Gasteiger partial charge in [0.2, 0.25) is 0 Å². The molecule has 0 saturated heterocycles. The van der Waals surface area contributed by atoms with Crippen LogP contribution in [0.1, 0.15) is 30.9 Å². The maximum Gasteiger partial charge on any atom is 0.00697 e. The van der Waals surface area contributed by atoms with E-state index in [1.54, 1.807) is 11.8 Å². The van der Waals surface area contributed by atoms with E-state index in [-0.39, 0.29) is 0 Å². The molecular weight excluding hydrogens is 176 g/mol. The number of thioether (sulfide) groups is 1. The molecule has 0 saturated carbocycles. The van der Waals surface area contributed by atoms with Crippen molar-refractivity contribution in [3.63, 3.8) is 0 Å². The standard InChI is InChI=1S/C12H16S/c1-9(2)11-5-7-12(8-6-11)10(3)13-4/h5-9H,3H2,1-2,4H3. The molecule has 1 rings (SSSR count). The SMILES string of the molecule is C=C(SC)c1ccc(C(C)C)cc1. The third-order valence-electron chi connectivity index (χ3n) is 2.15. The van der Waals surface area contributed by atoms with Gasteiger partial charge in [0, 0.05) is 4.91 Å². The molecule has 0 heterocycles. The van der Waals surface area contributed by atoms with Crippen LogP contribution in [0.4, 0.5) is 0 Å². The molecule has 0 fully saturated rings. The summed E-state index contributed by atoms with van der Waals surface area (Å²) in [6.45, 7) is 8.39. The van der Waals surface area contributed by atoms with E-state index < -0.39 is 0 Å². The first-order valence-corrected chi connectivity index (χ1v) is 5.71. The Kier molecular flexibility index (Phi) is 3.61. The van der Waals surface area contributed by atoms with E-state index in [9.17, 15) is 0 Å². The summed E-state index contributed by atoms with van der Waals surface area (Å²) in [6, 6.07) is 8.66. The molecule has 0 aliphatic heterocycles. The van der Waals surface area contributed by atoms with Crippen LogP contribution in [0.5, 0.6) is 0 Å². The Morgan fingerprint density at radius 1 is 1.23 bits per heavy atom. The molecule has 0 radical (unpaired) electrons. The van der Waals surface area contributed by atoms with Crippen LogP contribution in [-0.4, -0.2) is 6.26 Å². The average Bonchev–Trinajstić information content (AvgIpc) is 2.17. The zero-order valence-electron chi connectivity index (χ0n) is 8.50. The zero-order chi connectivity index (χ0) is 9.84. The fourth-order valence-electron chi connectivity index (χ4n) is 1.17. The second-order valence-electron chi connectivity index (χ2n) is 3.40. The molecule has 0 N–H and O–H groups in total. The van der Waals surface area contributed by atoms with Crippen LogP contribution in [0.15, 0.2) is 30.8 Å². The summed E-state index contributed by atoms with van der Waals surface area (Å²) in [5, 5.41) is 0. The molecule has 1 aromatic carbocycles. The van der Waals surface area contributed by atoms with Gasteiger partial charge in [-0.2, -0.15) is 0 Å². The molecule has 0 aliphatic carbocycles. The van der Waals surface area contributed by atoms with E-state index in [2.05, 4.69) is 50.9 Å². The van der Waals surface area contributed by atoms with Crippen LogP contribution in [0.25, 0.3) is 4.91 Å². The number of rotatable bonds is 3. The minimum Gasteiger partial charge on any atom is -0.130 e. The quantitative estimate of drug-likeness (QED) is 0.693. The third-order valence-corrected chi connectivity index (χ3v) is 2.87. The Balaban J connectivity index is 2.87. The summed E-state index contributed by atoms with van der Waals surface area (Å²) in [7, 11) is 0. The summed E-state index contributed by atoms with van der Waals surface area (Å²) < 4.78 is 0. The van der Waals surface area contributed by atoms with Gasteiger partial charge in [0.1, 0.15) is 0 Å². The number of hydrogen-bond acceptors (Lipinski definition) is 1. The zero-order valence-corrected chi connectivity index (χ0v) is 9.32. The predicted octanol–water partition coefficient (Wildman–Crippen LogP) is 4.14. The lowest BCUT2D eigenvalue weighted by Gasteiger charge is -2.07. The fourth-order valence-corrected chi connectivity index (χ4v) is 1.54. The van der Waals surface area contributed by atoms with Gasteiger partial charge in [-0.1, -0.05) is 44.7 Å². The molecule has 1 aromatic rings. The van der Waals surface area contributed by atoms with E-state index >= 15 is 0 Å². The molecule has 0 bridgehead atoms.